The lowest BCUT2D eigenvalue weighted by Gasteiger charge is -2.17. The second-order valence-corrected chi connectivity index (χ2v) is 7.25. The van der Waals surface area contributed by atoms with Crippen molar-refractivity contribution in [1.82, 2.24) is 14.9 Å². The number of aromatic amines is 1. The number of carbonyl (C=O) groups excluding carboxylic acids is 1. The highest BCUT2D eigenvalue weighted by molar-refractivity contribution is 7.89. The van der Waals surface area contributed by atoms with Gasteiger partial charge < -0.3 is 4.74 Å². The standard InChI is InChI=1S/C12H21N3O4S/c1-5-19-11(16)9-8-13-15-10(9)20(17,18)14-7-6-12(2,3)4/h8,14H,5-7H2,1-4H3,(H,13,15). The first-order valence-corrected chi connectivity index (χ1v) is 7.86. The Morgan fingerprint density at radius 2 is 2.10 bits per heavy atom. The molecule has 0 bridgehead atoms. The van der Waals surface area contributed by atoms with Crippen molar-refractivity contribution in [2.75, 3.05) is 13.2 Å². The number of esters is 1. The minimum absolute atomic E-state index is 0.0144. The first kappa shape index (κ1) is 16.6. The van der Waals surface area contributed by atoms with Crippen molar-refractivity contribution in [1.29, 1.82) is 0 Å². The van der Waals surface area contributed by atoms with Gasteiger partial charge in [-0.15, -0.1) is 0 Å². The second kappa shape index (κ2) is 6.36. The lowest BCUT2D eigenvalue weighted by molar-refractivity contribution is 0.0522. The zero-order chi connectivity index (χ0) is 15.4. The van der Waals surface area contributed by atoms with Gasteiger partial charge in [-0.1, -0.05) is 20.8 Å². The molecule has 0 aliphatic heterocycles. The van der Waals surface area contributed by atoms with Crippen LogP contribution in [0.15, 0.2) is 11.2 Å². The van der Waals surface area contributed by atoms with Crippen molar-refractivity contribution in [3.05, 3.63) is 11.8 Å². The summed E-state index contributed by atoms with van der Waals surface area (Å²) >= 11 is 0. The summed E-state index contributed by atoms with van der Waals surface area (Å²) in [7, 11) is -3.80. The third-order valence-electron chi connectivity index (χ3n) is 2.54. The van der Waals surface area contributed by atoms with E-state index >= 15 is 0 Å². The van der Waals surface area contributed by atoms with Crippen LogP contribution < -0.4 is 4.72 Å². The zero-order valence-corrected chi connectivity index (χ0v) is 13.0. The molecule has 0 spiro atoms. The summed E-state index contributed by atoms with van der Waals surface area (Å²) in [4.78, 5) is 11.6. The number of H-pyrrole nitrogens is 1. The van der Waals surface area contributed by atoms with Gasteiger partial charge in [0.15, 0.2) is 5.03 Å². The fourth-order valence-corrected chi connectivity index (χ4v) is 2.58. The molecule has 0 radical (unpaired) electrons. The molecule has 1 heterocycles. The number of hydrogen-bond acceptors (Lipinski definition) is 5. The van der Waals surface area contributed by atoms with Crippen LogP contribution in [0.25, 0.3) is 0 Å². The Hall–Kier alpha value is -1.41. The van der Waals surface area contributed by atoms with Gasteiger partial charge in [0.1, 0.15) is 5.56 Å². The molecule has 114 valence electrons. The summed E-state index contributed by atoms with van der Waals surface area (Å²) < 4.78 is 31.5. The largest absolute Gasteiger partial charge is 0.462 e. The van der Waals surface area contributed by atoms with Crippen LogP contribution in [0.3, 0.4) is 0 Å². The highest BCUT2D eigenvalue weighted by Gasteiger charge is 2.26. The van der Waals surface area contributed by atoms with Crippen molar-refractivity contribution in [3.63, 3.8) is 0 Å². The normalized spacial score (nSPS) is 12.4. The van der Waals surface area contributed by atoms with Crippen LogP contribution >= 0.6 is 0 Å². The quantitative estimate of drug-likeness (QED) is 0.771. The van der Waals surface area contributed by atoms with Crippen LogP contribution in [-0.4, -0.2) is 37.7 Å². The molecule has 20 heavy (non-hydrogen) atoms. The Balaban J connectivity index is 2.83. The van der Waals surface area contributed by atoms with E-state index in [0.29, 0.717) is 6.42 Å². The smallest absolute Gasteiger partial charge is 0.342 e. The van der Waals surface area contributed by atoms with E-state index in [2.05, 4.69) is 14.9 Å². The maximum absolute atomic E-state index is 12.1. The van der Waals surface area contributed by atoms with E-state index in [4.69, 9.17) is 4.74 Å². The molecular formula is C12H21N3O4S. The Kier molecular flexibility index (Phi) is 5.29. The molecule has 1 rings (SSSR count). The van der Waals surface area contributed by atoms with Crippen LogP contribution in [0, 0.1) is 5.41 Å². The van der Waals surface area contributed by atoms with Crippen LogP contribution in [0.2, 0.25) is 0 Å². The van der Waals surface area contributed by atoms with Crippen molar-refractivity contribution in [2.45, 2.75) is 39.1 Å². The number of sulfonamides is 1. The van der Waals surface area contributed by atoms with E-state index in [1.807, 2.05) is 20.8 Å². The Labute approximate surface area is 119 Å². The summed E-state index contributed by atoms with van der Waals surface area (Å²) in [6.45, 7) is 8.15. The molecule has 0 saturated carbocycles. The zero-order valence-electron chi connectivity index (χ0n) is 12.2. The topological polar surface area (TPSA) is 101 Å². The molecule has 1 aromatic rings. The first-order valence-electron chi connectivity index (χ1n) is 6.37. The summed E-state index contributed by atoms with van der Waals surface area (Å²) in [5.41, 5.74) is -0.0735. The van der Waals surface area contributed by atoms with Gasteiger partial charge in [0.2, 0.25) is 0 Å². The van der Waals surface area contributed by atoms with Gasteiger partial charge in [0.25, 0.3) is 10.0 Å². The van der Waals surface area contributed by atoms with Crippen molar-refractivity contribution in [3.8, 4) is 0 Å². The molecule has 7 nitrogen and oxygen atoms in total. The SMILES string of the molecule is CCOC(=O)c1cn[nH]c1S(=O)(=O)NCCC(C)(C)C. The molecule has 0 unspecified atom stereocenters. The Bertz CT molecular complexity index is 558. The maximum atomic E-state index is 12.1. The molecular weight excluding hydrogens is 282 g/mol. The number of nitrogens with one attached hydrogen (secondary N) is 2. The lowest BCUT2D eigenvalue weighted by atomic mass is 9.93. The van der Waals surface area contributed by atoms with Gasteiger partial charge in [-0.05, 0) is 18.8 Å². The molecule has 0 aliphatic carbocycles. The van der Waals surface area contributed by atoms with Gasteiger partial charge >= 0.3 is 5.97 Å². The number of hydrogen-bond donors (Lipinski definition) is 2. The minimum Gasteiger partial charge on any atom is -0.462 e. The Morgan fingerprint density at radius 1 is 1.45 bits per heavy atom. The van der Waals surface area contributed by atoms with E-state index in [9.17, 15) is 13.2 Å². The minimum atomic E-state index is -3.80. The summed E-state index contributed by atoms with van der Waals surface area (Å²) in [5.74, 6) is -0.711. The van der Waals surface area contributed by atoms with Gasteiger partial charge in [-0.25, -0.2) is 17.9 Å². The number of carbonyl (C=O) groups is 1. The van der Waals surface area contributed by atoms with Crippen LogP contribution in [0.1, 0.15) is 44.5 Å². The van der Waals surface area contributed by atoms with E-state index < -0.39 is 16.0 Å². The van der Waals surface area contributed by atoms with E-state index in [-0.39, 0.29) is 29.2 Å². The van der Waals surface area contributed by atoms with Crippen molar-refractivity contribution >= 4 is 16.0 Å². The molecule has 0 aliphatic rings. The molecule has 0 saturated heterocycles. The third kappa shape index (κ3) is 4.61. The van der Waals surface area contributed by atoms with Gasteiger partial charge in [-0.2, -0.15) is 5.10 Å². The van der Waals surface area contributed by atoms with E-state index in [0.717, 1.165) is 6.20 Å². The van der Waals surface area contributed by atoms with Crippen LogP contribution in [0.5, 0.6) is 0 Å². The molecule has 1 aromatic heterocycles. The van der Waals surface area contributed by atoms with Crippen LogP contribution in [-0.2, 0) is 14.8 Å². The molecule has 8 heteroatoms. The van der Waals surface area contributed by atoms with Gasteiger partial charge in [0, 0.05) is 6.54 Å². The van der Waals surface area contributed by atoms with Gasteiger partial charge in [-0.3, -0.25) is 5.10 Å². The number of ether oxygens (including phenoxy) is 1. The summed E-state index contributed by atoms with van der Waals surface area (Å²) in [6, 6.07) is 0. The summed E-state index contributed by atoms with van der Waals surface area (Å²) in [5, 5.41) is 5.68. The summed E-state index contributed by atoms with van der Waals surface area (Å²) in [6.07, 6.45) is 1.82. The average Bonchev–Trinajstić information content (AvgIpc) is 2.76. The van der Waals surface area contributed by atoms with E-state index in [1.165, 1.54) is 0 Å². The van der Waals surface area contributed by atoms with Crippen molar-refractivity contribution < 1.29 is 17.9 Å². The number of aromatic nitrogens is 2. The number of nitrogens with zero attached hydrogens (tertiary/aromatic N) is 1. The lowest BCUT2D eigenvalue weighted by Crippen LogP contribution is -2.29. The number of rotatable bonds is 6. The first-order chi connectivity index (χ1) is 9.17. The maximum Gasteiger partial charge on any atom is 0.342 e. The van der Waals surface area contributed by atoms with Crippen LogP contribution in [0.4, 0.5) is 0 Å². The molecule has 0 fully saturated rings. The van der Waals surface area contributed by atoms with Gasteiger partial charge in [0.05, 0.1) is 12.8 Å². The predicted octanol–water partition coefficient (Wildman–Crippen LogP) is 1.30. The second-order valence-electron chi connectivity index (χ2n) is 5.54. The highest BCUT2D eigenvalue weighted by atomic mass is 32.2. The van der Waals surface area contributed by atoms with Crippen molar-refractivity contribution in [2.24, 2.45) is 5.41 Å². The molecule has 0 atom stereocenters. The molecule has 2 N–H and O–H groups in total. The Morgan fingerprint density at radius 3 is 2.65 bits per heavy atom. The monoisotopic (exact) mass is 303 g/mol. The third-order valence-corrected chi connectivity index (χ3v) is 3.97. The fourth-order valence-electron chi connectivity index (χ4n) is 1.47. The predicted molar refractivity (Wildman–Crippen MR) is 73.8 cm³/mol. The fraction of sp³-hybridized carbons (Fsp3) is 0.667. The van der Waals surface area contributed by atoms with E-state index in [1.54, 1.807) is 6.92 Å². The average molecular weight is 303 g/mol. The molecule has 0 aromatic carbocycles. The highest BCUT2D eigenvalue weighted by Crippen LogP contribution is 2.18. The molecule has 0 amide bonds.